The molecule has 4 aromatic carbocycles. The second kappa shape index (κ2) is 10.3. The molecule has 0 bridgehead atoms. The van der Waals surface area contributed by atoms with Gasteiger partial charge in [0.2, 0.25) is 7.83 Å². The average Bonchev–Trinajstić information content (AvgIpc) is 2.81. The molecule has 0 unspecified atom stereocenters. The lowest BCUT2D eigenvalue weighted by molar-refractivity contribution is 0.430. The minimum Gasteiger partial charge on any atom is -0.413 e. The summed E-state index contributed by atoms with van der Waals surface area (Å²) in [5.41, 5.74) is 10.8. The zero-order valence-electron chi connectivity index (χ0n) is 23.3. The van der Waals surface area contributed by atoms with Crippen LogP contribution in [0.25, 0.3) is 0 Å². The van der Waals surface area contributed by atoms with E-state index in [0.717, 1.165) is 0 Å². The van der Waals surface area contributed by atoms with Crippen molar-refractivity contribution in [2.24, 2.45) is 0 Å². The van der Waals surface area contributed by atoms with Gasteiger partial charge < -0.3 is 4.43 Å². The molecule has 36 heavy (non-hydrogen) atoms. The molecule has 0 aliphatic carbocycles. The number of rotatable bonds is 6. The molecule has 0 heterocycles. The van der Waals surface area contributed by atoms with E-state index in [1.807, 2.05) is 7.11 Å². The summed E-state index contributed by atoms with van der Waals surface area (Å²) in [6.45, 7) is 18.3. The van der Waals surface area contributed by atoms with Crippen molar-refractivity contribution in [1.29, 1.82) is 0 Å². The van der Waals surface area contributed by atoms with Crippen LogP contribution in [0.1, 0.15) is 44.5 Å². The van der Waals surface area contributed by atoms with Crippen molar-refractivity contribution in [2.45, 2.75) is 55.4 Å². The maximum Gasteiger partial charge on any atom is 0.249 e. The van der Waals surface area contributed by atoms with Gasteiger partial charge in [-0.25, -0.2) is 0 Å². The standard InChI is InChI=1S/C33H39OSi2/c1-22-14-10-15-23(2)30(22)35(31-24(3)16-11-17-25(31)4)36(34-9,32-26(5)18-12-19-27(32)6)33-28(7)20-13-21-29(33)8/h10-21H,1-9H3. The lowest BCUT2D eigenvalue weighted by atomic mass is 10.1. The predicted octanol–water partition coefficient (Wildman–Crippen LogP) is 5.25. The molecular formula is C33H39OSi2. The largest absolute Gasteiger partial charge is 0.413 e. The van der Waals surface area contributed by atoms with Crippen LogP contribution < -0.4 is 20.7 Å². The van der Waals surface area contributed by atoms with Gasteiger partial charge in [-0.2, -0.15) is 0 Å². The summed E-state index contributed by atoms with van der Waals surface area (Å²) in [7, 11) is -2.28. The van der Waals surface area contributed by atoms with Crippen molar-refractivity contribution < 1.29 is 4.43 Å². The smallest absolute Gasteiger partial charge is 0.249 e. The zero-order chi connectivity index (χ0) is 26.2. The lowest BCUT2D eigenvalue weighted by Crippen LogP contribution is -2.80. The van der Waals surface area contributed by atoms with E-state index >= 15 is 0 Å². The first-order chi connectivity index (χ1) is 17.1. The number of benzene rings is 4. The molecule has 0 aliphatic rings. The average molecular weight is 508 g/mol. The molecule has 0 atom stereocenters. The molecule has 4 rings (SSSR count). The summed E-state index contributed by atoms with van der Waals surface area (Å²) >= 11 is 0. The van der Waals surface area contributed by atoms with Crippen LogP contribution in [0, 0.1) is 55.4 Å². The SMILES string of the molecule is CO[Si](c1c(C)cccc1C)(c1c(C)cccc1C)[Si](c1c(C)cccc1C)c1c(C)cccc1C. The van der Waals surface area contributed by atoms with Crippen molar-refractivity contribution >= 4 is 36.9 Å². The third-order valence-corrected chi connectivity index (χ3v) is 20.4. The molecule has 0 fully saturated rings. The summed E-state index contributed by atoms with van der Waals surface area (Å²) < 4.78 is 7.21. The first-order valence-electron chi connectivity index (χ1n) is 12.8. The van der Waals surface area contributed by atoms with Crippen LogP contribution in [0.2, 0.25) is 0 Å². The molecule has 0 saturated heterocycles. The Morgan fingerprint density at radius 1 is 0.444 bits per heavy atom. The zero-order valence-corrected chi connectivity index (χ0v) is 25.3. The summed E-state index contributed by atoms with van der Waals surface area (Å²) in [6.07, 6.45) is 0. The van der Waals surface area contributed by atoms with Crippen molar-refractivity contribution in [1.82, 2.24) is 0 Å². The molecule has 4 aromatic rings. The summed E-state index contributed by atoms with van der Waals surface area (Å²) in [5.74, 6) is 0. The van der Waals surface area contributed by atoms with E-state index in [9.17, 15) is 0 Å². The number of aryl methyl sites for hydroxylation is 8. The van der Waals surface area contributed by atoms with Gasteiger partial charge >= 0.3 is 0 Å². The topological polar surface area (TPSA) is 9.23 Å². The van der Waals surface area contributed by atoms with E-state index < -0.39 is 16.1 Å². The highest BCUT2D eigenvalue weighted by atomic mass is 29.2. The van der Waals surface area contributed by atoms with Crippen LogP contribution in [0.3, 0.4) is 0 Å². The predicted molar refractivity (Wildman–Crippen MR) is 161 cm³/mol. The summed E-state index contributed by atoms with van der Waals surface area (Å²) in [4.78, 5) is 0. The Hall–Kier alpha value is -2.73. The molecule has 0 saturated carbocycles. The van der Waals surface area contributed by atoms with Gasteiger partial charge in [-0.15, -0.1) is 0 Å². The fourth-order valence-electron chi connectivity index (χ4n) is 6.32. The quantitative estimate of drug-likeness (QED) is 0.324. The molecule has 0 N–H and O–H groups in total. The molecule has 1 nitrogen and oxygen atoms in total. The van der Waals surface area contributed by atoms with Crippen LogP contribution in [-0.4, -0.2) is 23.3 Å². The second-order valence-electron chi connectivity index (χ2n) is 10.3. The first kappa shape index (κ1) is 26.3. The van der Waals surface area contributed by atoms with Crippen LogP contribution in [0.4, 0.5) is 0 Å². The third kappa shape index (κ3) is 4.23. The highest BCUT2D eigenvalue weighted by Crippen LogP contribution is 2.23. The fourth-order valence-corrected chi connectivity index (χ4v) is 22.1. The normalized spacial score (nSPS) is 11.8. The Kier molecular flexibility index (Phi) is 7.56. The van der Waals surface area contributed by atoms with Crippen LogP contribution in [0.5, 0.6) is 0 Å². The lowest BCUT2D eigenvalue weighted by Gasteiger charge is -2.43. The van der Waals surface area contributed by atoms with Gasteiger partial charge in [-0.05, 0) is 98.4 Å². The molecule has 0 amide bonds. The Labute approximate surface area is 220 Å². The summed E-state index contributed by atoms with van der Waals surface area (Å²) in [5, 5.41) is 5.92. The third-order valence-electron chi connectivity index (χ3n) is 7.79. The Morgan fingerprint density at radius 2 is 0.694 bits per heavy atom. The molecule has 0 aliphatic heterocycles. The van der Waals surface area contributed by atoms with Crippen LogP contribution >= 0.6 is 0 Å². The van der Waals surface area contributed by atoms with E-state index in [1.165, 1.54) is 65.3 Å². The van der Waals surface area contributed by atoms with E-state index in [0.29, 0.717) is 0 Å². The van der Waals surface area contributed by atoms with Crippen molar-refractivity contribution in [3.63, 3.8) is 0 Å². The van der Waals surface area contributed by atoms with Gasteiger partial charge in [-0.1, -0.05) is 95.1 Å². The van der Waals surface area contributed by atoms with Gasteiger partial charge in [0.25, 0.3) is 0 Å². The molecule has 1 radical (unpaired) electrons. The van der Waals surface area contributed by atoms with E-state index in [-0.39, 0.29) is 0 Å². The Morgan fingerprint density at radius 3 is 0.944 bits per heavy atom. The highest BCUT2D eigenvalue weighted by molar-refractivity contribution is 7.49. The van der Waals surface area contributed by atoms with Crippen molar-refractivity contribution in [2.75, 3.05) is 7.11 Å². The molecule has 0 aromatic heterocycles. The molecule has 185 valence electrons. The van der Waals surface area contributed by atoms with Crippen LogP contribution in [0.15, 0.2) is 72.8 Å². The maximum absolute atomic E-state index is 7.21. The maximum atomic E-state index is 7.21. The second-order valence-corrected chi connectivity index (χ2v) is 18.5. The highest BCUT2D eigenvalue weighted by Gasteiger charge is 2.53. The molecule has 0 spiro atoms. The Balaban J connectivity index is 2.33. The minimum atomic E-state index is -2.83. The monoisotopic (exact) mass is 507 g/mol. The minimum absolute atomic E-state index is 1.34. The van der Waals surface area contributed by atoms with Gasteiger partial charge in [0.15, 0.2) is 8.31 Å². The van der Waals surface area contributed by atoms with E-state index in [4.69, 9.17) is 4.43 Å². The van der Waals surface area contributed by atoms with Gasteiger partial charge in [0.1, 0.15) is 0 Å². The number of hydrogen-bond donors (Lipinski definition) is 0. The number of hydrogen-bond acceptors (Lipinski definition) is 1. The van der Waals surface area contributed by atoms with Crippen molar-refractivity contribution in [3.8, 4) is 0 Å². The van der Waals surface area contributed by atoms with Crippen LogP contribution in [-0.2, 0) is 4.43 Å². The molecule has 3 heteroatoms. The van der Waals surface area contributed by atoms with Gasteiger partial charge in [0, 0.05) is 7.11 Å². The van der Waals surface area contributed by atoms with E-state index in [1.54, 1.807) is 0 Å². The fraction of sp³-hybridized carbons (Fsp3) is 0.273. The summed E-state index contributed by atoms with van der Waals surface area (Å²) in [6, 6.07) is 27.1. The Bertz CT molecular complexity index is 1240. The van der Waals surface area contributed by atoms with Gasteiger partial charge in [-0.3, -0.25) is 0 Å². The first-order valence-corrected chi connectivity index (χ1v) is 17.2. The molecular weight excluding hydrogens is 469 g/mol. The van der Waals surface area contributed by atoms with E-state index in [2.05, 4.69) is 128 Å². The van der Waals surface area contributed by atoms with Crippen molar-refractivity contribution in [3.05, 3.63) is 117 Å². The van der Waals surface area contributed by atoms with Gasteiger partial charge in [0.05, 0.1) is 0 Å².